The Bertz CT molecular complexity index is 652. The van der Waals surface area contributed by atoms with Crippen molar-refractivity contribution in [1.82, 2.24) is 20.8 Å². The summed E-state index contributed by atoms with van der Waals surface area (Å²) in [5.74, 6) is 0.886. The van der Waals surface area contributed by atoms with Gasteiger partial charge in [0.1, 0.15) is 0 Å². The SMILES string of the molecule is O=C(NCc1nc(-c2cccc(Cl)c2)no1)C1CCCNC1. The van der Waals surface area contributed by atoms with Crippen LogP contribution < -0.4 is 10.6 Å². The normalized spacial score (nSPS) is 18.1. The highest BCUT2D eigenvalue weighted by molar-refractivity contribution is 6.30. The molecule has 2 heterocycles. The Labute approximate surface area is 133 Å². The summed E-state index contributed by atoms with van der Waals surface area (Å²) in [5, 5.41) is 10.6. The predicted octanol–water partition coefficient (Wildman–Crippen LogP) is 2.01. The molecule has 2 aromatic rings. The van der Waals surface area contributed by atoms with E-state index in [1.54, 1.807) is 12.1 Å². The molecule has 1 aliphatic rings. The zero-order valence-electron chi connectivity index (χ0n) is 12.0. The van der Waals surface area contributed by atoms with Gasteiger partial charge in [0.2, 0.25) is 17.6 Å². The van der Waals surface area contributed by atoms with Crippen molar-refractivity contribution >= 4 is 17.5 Å². The Kier molecular flexibility index (Phi) is 4.70. The highest BCUT2D eigenvalue weighted by Gasteiger charge is 2.21. The fourth-order valence-corrected chi connectivity index (χ4v) is 2.64. The van der Waals surface area contributed by atoms with Crippen LogP contribution >= 0.6 is 11.6 Å². The van der Waals surface area contributed by atoms with E-state index in [4.69, 9.17) is 16.1 Å². The number of hydrogen-bond acceptors (Lipinski definition) is 5. The van der Waals surface area contributed by atoms with Crippen molar-refractivity contribution in [3.8, 4) is 11.4 Å². The molecule has 1 aromatic heterocycles. The van der Waals surface area contributed by atoms with Crippen LogP contribution in [0.25, 0.3) is 11.4 Å². The van der Waals surface area contributed by atoms with Gasteiger partial charge >= 0.3 is 0 Å². The van der Waals surface area contributed by atoms with Gasteiger partial charge < -0.3 is 15.2 Å². The number of hydrogen-bond donors (Lipinski definition) is 2. The predicted molar refractivity (Wildman–Crippen MR) is 82.2 cm³/mol. The van der Waals surface area contributed by atoms with Crippen LogP contribution in [0.4, 0.5) is 0 Å². The maximum Gasteiger partial charge on any atom is 0.246 e. The van der Waals surface area contributed by atoms with Crippen molar-refractivity contribution in [3.05, 3.63) is 35.2 Å². The van der Waals surface area contributed by atoms with E-state index in [0.29, 0.717) is 16.7 Å². The van der Waals surface area contributed by atoms with E-state index >= 15 is 0 Å². The van der Waals surface area contributed by atoms with Crippen molar-refractivity contribution in [3.63, 3.8) is 0 Å². The van der Waals surface area contributed by atoms with Gasteiger partial charge in [0.25, 0.3) is 0 Å². The third-order valence-electron chi connectivity index (χ3n) is 3.63. The number of piperidine rings is 1. The summed E-state index contributed by atoms with van der Waals surface area (Å²) < 4.78 is 5.16. The van der Waals surface area contributed by atoms with E-state index in [0.717, 1.165) is 31.5 Å². The van der Waals surface area contributed by atoms with Crippen molar-refractivity contribution in [2.75, 3.05) is 13.1 Å². The third kappa shape index (κ3) is 3.64. The summed E-state index contributed by atoms with van der Waals surface area (Å²) in [4.78, 5) is 16.3. The van der Waals surface area contributed by atoms with Crippen LogP contribution in [0.2, 0.25) is 5.02 Å². The molecule has 0 spiro atoms. The molecule has 1 amide bonds. The molecule has 116 valence electrons. The summed E-state index contributed by atoms with van der Waals surface area (Å²) in [5.41, 5.74) is 0.783. The van der Waals surface area contributed by atoms with Gasteiger partial charge in [-0.1, -0.05) is 28.9 Å². The minimum atomic E-state index is 0.0177. The Hall–Kier alpha value is -1.92. The number of rotatable bonds is 4. The lowest BCUT2D eigenvalue weighted by Gasteiger charge is -2.21. The number of nitrogens with zero attached hydrogens (tertiary/aromatic N) is 2. The number of halogens is 1. The number of aromatic nitrogens is 2. The topological polar surface area (TPSA) is 80.1 Å². The number of nitrogens with one attached hydrogen (secondary N) is 2. The first-order chi connectivity index (χ1) is 10.7. The first-order valence-electron chi connectivity index (χ1n) is 7.29. The van der Waals surface area contributed by atoms with Gasteiger partial charge in [-0.15, -0.1) is 0 Å². The van der Waals surface area contributed by atoms with E-state index in [1.165, 1.54) is 0 Å². The second-order valence-corrected chi connectivity index (χ2v) is 5.72. The number of amides is 1. The molecule has 1 saturated heterocycles. The van der Waals surface area contributed by atoms with Gasteiger partial charge in [-0.2, -0.15) is 4.98 Å². The molecule has 1 unspecified atom stereocenters. The van der Waals surface area contributed by atoms with Gasteiger partial charge in [0, 0.05) is 17.1 Å². The lowest BCUT2D eigenvalue weighted by atomic mass is 9.99. The molecular formula is C15H17ClN4O2. The Morgan fingerprint density at radius 3 is 3.18 bits per heavy atom. The van der Waals surface area contributed by atoms with Gasteiger partial charge in [-0.05, 0) is 31.5 Å². The van der Waals surface area contributed by atoms with Crippen LogP contribution in [0.3, 0.4) is 0 Å². The number of carbonyl (C=O) groups excluding carboxylic acids is 1. The Morgan fingerprint density at radius 2 is 2.41 bits per heavy atom. The quantitative estimate of drug-likeness (QED) is 0.900. The molecule has 1 aromatic carbocycles. The summed E-state index contributed by atoms with van der Waals surface area (Å²) in [6, 6.07) is 7.23. The van der Waals surface area contributed by atoms with E-state index in [1.807, 2.05) is 12.1 Å². The molecule has 0 saturated carbocycles. The van der Waals surface area contributed by atoms with Crippen LogP contribution in [0.5, 0.6) is 0 Å². The minimum Gasteiger partial charge on any atom is -0.347 e. The standard InChI is InChI=1S/C15H17ClN4O2/c16-12-5-1-3-10(7-12)14-19-13(22-20-14)9-18-15(21)11-4-2-6-17-8-11/h1,3,5,7,11,17H,2,4,6,8-9H2,(H,18,21). The van der Waals surface area contributed by atoms with E-state index in [-0.39, 0.29) is 18.4 Å². The van der Waals surface area contributed by atoms with E-state index < -0.39 is 0 Å². The fraction of sp³-hybridized carbons (Fsp3) is 0.400. The molecule has 1 aliphatic heterocycles. The van der Waals surface area contributed by atoms with Gasteiger partial charge in [0.05, 0.1) is 12.5 Å². The van der Waals surface area contributed by atoms with Gasteiger partial charge in [-0.25, -0.2) is 0 Å². The molecule has 0 bridgehead atoms. The zero-order chi connectivity index (χ0) is 15.4. The van der Waals surface area contributed by atoms with Crippen LogP contribution in [0, 0.1) is 5.92 Å². The molecule has 2 N–H and O–H groups in total. The van der Waals surface area contributed by atoms with Crippen molar-refractivity contribution in [2.45, 2.75) is 19.4 Å². The van der Waals surface area contributed by atoms with Gasteiger partial charge in [-0.3, -0.25) is 4.79 Å². The number of benzene rings is 1. The molecule has 1 fully saturated rings. The monoisotopic (exact) mass is 320 g/mol. The highest BCUT2D eigenvalue weighted by Crippen LogP contribution is 2.20. The zero-order valence-corrected chi connectivity index (χ0v) is 12.8. The minimum absolute atomic E-state index is 0.0177. The van der Waals surface area contributed by atoms with Crippen LogP contribution in [-0.2, 0) is 11.3 Å². The average molecular weight is 321 g/mol. The fourth-order valence-electron chi connectivity index (χ4n) is 2.45. The Morgan fingerprint density at radius 1 is 1.50 bits per heavy atom. The summed E-state index contributed by atoms with van der Waals surface area (Å²) in [7, 11) is 0. The molecule has 22 heavy (non-hydrogen) atoms. The molecule has 1 atom stereocenters. The van der Waals surface area contributed by atoms with Crippen molar-refractivity contribution < 1.29 is 9.32 Å². The third-order valence-corrected chi connectivity index (χ3v) is 3.87. The highest BCUT2D eigenvalue weighted by atomic mass is 35.5. The average Bonchev–Trinajstić information content (AvgIpc) is 3.02. The van der Waals surface area contributed by atoms with Crippen molar-refractivity contribution in [1.29, 1.82) is 0 Å². The van der Waals surface area contributed by atoms with Crippen molar-refractivity contribution in [2.24, 2.45) is 5.92 Å². The summed E-state index contributed by atoms with van der Waals surface area (Å²) in [6.45, 7) is 1.95. The van der Waals surface area contributed by atoms with Crippen LogP contribution in [0.15, 0.2) is 28.8 Å². The van der Waals surface area contributed by atoms with Crippen LogP contribution in [-0.4, -0.2) is 29.1 Å². The van der Waals surface area contributed by atoms with E-state index in [2.05, 4.69) is 20.8 Å². The second kappa shape index (κ2) is 6.89. The molecule has 7 heteroatoms. The van der Waals surface area contributed by atoms with Gasteiger partial charge in [0.15, 0.2) is 0 Å². The Balaban J connectivity index is 1.59. The molecule has 0 aliphatic carbocycles. The molecule has 0 radical (unpaired) electrons. The maximum absolute atomic E-state index is 12.0. The van der Waals surface area contributed by atoms with E-state index in [9.17, 15) is 4.79 Å². The second-order valence-electron chi connectivity index (χ2n) is 5.28. The largest absolute Gasteiger partial charge is 0.347 e. The summed E-state index contributed by atoms with van der Waals surface area (Å²) in [6.07, 6.45) is 1.94. The first kappa shape index (κ1) is 15.0. The molecule has 6 nitrogen and oxygen atoms in total. The first-order valence-corrected chi connectivity index (χ1v) is 7.67. The molecular weight excluding hydrogens is 304 g/mol. The lowest BCUT2D eigenvalue weighted by molar-refractivity contribution is -0.125. The lowest BCUT2D eigenvalue weighted by Crippen LogP contribution is -2.40. The number of carbonyl (C=O) groups is 1. The molecule has 3 rings (SSSR count). The maximum atomic E-state index is 12.0. The van der Waals surface area contributed by atoms with Crippen LogP contribution in [0.1, 0.15) is 18.7 Å². The smallest absolute Gasteiger partial charge is 0.246 e. The summed E-state index contributed by atoms with van der Waals surface area (Å²) >= 11 is 5.94.